The highest BCUT2D eigenvalue weighted by atomic mass is 32.2. The van der Waals surface area contributed by atoms with Crippen LogP contribution in [0.2, 0.25) is 0 Å². The number of imidazole rings is 1. The molecule has 1 atom stereocenters. The van der Waals surface area contributed by atoms with E-state index in [-0.39, 0.29) is 24.0 Å². The molecule has 0 bridgehead atoms. The van der Waals surface area contributed by atoms with Gasteiger partial charge in [0.2, 0.25) is 17.1 Å². The molecule has 0 fully saturated rings. The number of aromatic hydroxyl groups is 1. The summed E-state index contributed by atoms with van der Waals surface area (Å²) in [5.41, 5.74) is 8.02. The maximum atomic E-state index is 15.4. The van der Waals surface area contributed by atoms with E-state index in [1.807, 2.05) is 72.8 Å². The van der Waals surface area contributed by atoms with Gasteiger partial charge in [0.1, 0.15) is 29.8 Å². The fourth-order valence-corrected chi connectivity index (χ4v) is 11.9. The minimum Gasteiger partial charge on any atom is -0.493 e. The molecule has 10 rings (SSSR count). The summed E-state index contributed by atoms with van der Waals surface area (Å²) in [5, 5.41) is 16.4. The Bertz CT molecular complexity index is 3500. The summed E-state index contributed by atoms with van der Waals surface area (Å²) >= 11 is 0. The van der Waals surface area contributed by atoms with Crippen molar-refractivity contribution in [2.45, 2.75) is 103 Å². The highest BCUT2D eigenvalue weighted by Crippen LogP contribution is 2.49. The number of ether oxygens (including phenoxy) is 2. The van der Waals surface area contributed by atoms with Crippen LogP contribution in [0.1, 0.15) is 112 Å². The van der Waals surface area contributed by atoms with Crippen molar-refractivity contribution in [2.24, 2.45) is 4.99 Å². The molecule has 3 N–H and O–H groups in total. The Labute approximate surface area is 437 Å². The molecule has 7 aromatic rings. The number of hydrogen-bond donors (Lipinski definition) is 3. The molecule has 2 aromatic heterocycles. The number of benzene rings is 5. The van der Waals surface area contributed by atoms with Crippen molar-refractivity contribution in [3.63, 3.8) is 0 Å². The standard InChI is InChI=1S/C59H64FN7O7S/c1-4-65-26-15-21-42-32-46-54(34-51(42)65)74-55-35-52-44(33-47(55)62-46)43(38-75(70,71)72)36-59(2,3)67(52)27-16-22-56(68)61-25-13-5-6-14-28-73-53-24-23-40(29-45(53)60)31-49-58(69)66-37-50(41-19-11-8-12-20-41)63-48(57(66)64-49)30-39-17-9-7-10-18-39/h7-12,17-20,23-24,29,32-35,37,43H,4-6,13-16,21-22,25-28,30-31,36,38H2,1-3H3,(H2-,61,63,68,69,70,71,72)/p+1. The van der Waals surface area contributed by atoms with E-state index >= 15 is 4.39 Å². The third-order valence-corrected chi connectivity index (χ3v) is 15.6. The predicted molar refractivity (Wildman–Crippen MR) is 288 cm³/mol. The number of halogens is 1. The number of amides is 1. The van der Waals surface area contributed by atoms with Gasteiger partial charge in [-0.2, -0.15) is 8.42 Å². The Balaban J connectivity index is 0.693. The Kier molecular flexibility index (Phi) is 15.0. The van der Waals surface area contributed by atoms with Crippen LogP contribution in [-0.4, -0.2) is 82.4 Å². The van der Waals surface area contributed by atoms with Crippen molar-refractivity contribution in [3.8, 4) is 34.4 Å². The number of aromatic nitrogens is 3. The molecule has 390 valence electrons. The van der Waals surface area contributed by atoms with Crippen LogP contribution in [0.4, 0.5) is 15.8 Å². The minimum absolute atomic E-state index is 0.0137. The Morgan fingerprint density at radius 3 is 2.45 bits per heavy atom. The largest absolute Gasteiger partial charge is 0.493 e. The van der Waals surface area contributed by atoms with E-state index in [0.717, 1.165) is 85.0 Å². The number of hydrogen-bond acceptors (Lipinski definition) is 10. The molecule has 0 saturated carbocycles. The highest BCUT2D eigenvalue weighted by Gasteiger charge is 2.40. The molecule has 5 aromatic carbocycles. The van der Waals surface area contributed by atoms with Gasteiger partial charge in [-0.25, -0.2) is 23.9 Å². The van der Waals surface area contributed by atoms with Crippen molar-refractivity contribution >= 4 is 33.0 Å². The summed E-state index contributed by atoms with van der Waals surface area (Å²) in [6.07, 6.45) is 9.19. The molecule has 0 aliphatic carbocycles. The summed E-state index contributed by atoms with van der Waals surface area (Å²) in [7, 11) is -4.28. The average Bonchev–Trinajstić information content (AvgIpc) is 3.74. The van der Waals surface area contributed by atoms with E-state index in [0.29, 0.717) is 85.2 Å². The van der Waals surface area contributed by atoms with Crippen LogP contribution in [0.25, 0.3) is 16.9 Å². The van der Waals surface area contributed by atoms with E-state index < -0.39 is 33.1 Å². The second kappa shape index (κ2) is 22.0. The molecule has 75 heavy (non-hydrogen) atoms. The molecule has 5 heterocycles. The van der Waals surface area contributed by atoms with Crippen molar-refractivity contribution in [1.29, 1.82) is 0 Å². The van der Waals surface area contributed by atoms with Crippen LogP contribution in [0.3, 0.4) is 0 Å². The van der Waals surface area contributed by atoms with Crippen molar-refractivity contribution in [2.75, 3.05) is 43.4 Å². The van der Waals surface area contributed by atoms with Crippen LogP contribution in [-0.2, 0) is 34.2 Å². The highest BCUT2D eigenvalue weighted by molar-refractivity contribution is 7.85. The fraction of sp³-hybridized carbons (Fsp3) is 0.373. The zero-order valence-corrected chi connectivity index (χ0v) is 43.7. The van der Waals surface area contributed by atoms with Crippen molar-refractivity contribution in [3.05, 3.63) is 159 Å². The number of carbonyl (C=O) groups excluding carboxylic acids is 1. The summed E-state index contributed by atoms with van der Waals surface area (Å²) in [6, 6.07) is 32.7. The van der Waals surface area contributed by atoms with E-state index in [9.17, 15) is 22.9 Å². The van der Waals surface area contributed by atoms with Gasteiger partial charge in [-0.15, -0.1) is 0 Å². The molecule has 16 heteroatoms. The lowest BCUT2D eigenvalue weighted by Gasteiger charge is -2.48. The van der Waals surface area contributed by atoms with Crippen LogP contribution >= 0.6 is 0 Å². The first-order valence-electron chi connectivity index (χ1n) is 26.3. The van der Waals surface area contributed by atoms with Gasteiger partial charge < -0.3 is 24.8 Å². The first-order valence-corrected chi connectivity index (χ1v) is 27.9. The number of rotatable bonds is 20. The van der Waals surface area contributed by atoms with E-state index in [1.54, 1.807) is 22.7 Å². The van der Waals surface area contributed by atoms with Crippen molar-refractivity contribution < 1.29 is 36.7 Å². The Morgan fingerprint density at radius 2 is 1.68 bits per heavy atom. The second-order valence-corrected chi connectivity index (χ2v) is 22.2. The number of anilines is 1. The van der Waals surface area contributed by atoms with Gasteiger partial charge in [0.25, 0.3) is 10.1 Å². The van der Waals surface area contributed by atoms with Gasteiger partial charge >= 0.3 is 0 Å². The van der Waals surface area contributed by atoms with Gasteiger partial charge in [-0.1, -0.05) is 79.6 Å². The lowest BCUT2D eigenvalue weighted by molar-refractivity contribution is -0.121. The Morgan fingerprint density at radius 1 is 0.907 bits per heavy atom. The third-order valence-electron chi connectivity index (χ3n) is 14.8. The van der Waals surface area contributed by atoms with Gasteiger partial charge in [-0.3, -0.25) is 13.7 Å². The Hall–Kier alpha value is -7.17. The maximum Gasteiger partial charge on any atom is 0.265 e. The minimum atomic E-state index is -4.28. The topological polar surface area (TPSA) is 171 Å². The van der Waals surface area contributed by atoms with Gasteiger partial charge in [0.15, 0.2) is 28.7 Å². The average molecular weight is 1040 g/mol. The number of nitrogens with one attached hydrogen (secondary N) is 1. The monoisotopic (exact) mass is 1030 g/mol. The smallest absolute Gasteiger partial charge is 0.265 e. The number of unbranched alkanes of at least 4 members (excludes halogenated alkanes) is 3. The summed E-state index contributed by atoms with van der Waals surface area (Å²) in [4.78, 5) is 30.1. The molecule has 1 amide bonds. The fourth-order valence-electron chi connectivity index (χ4n) is 11.1. The molecule has 1 unspecified atom stereocenters. The lowest BCUT2D eigenvalue weighted by atomic mass is 9.79. The van der Waals surface area contributed by atoms with Gasteiger partial charge in [0.05, 0.1) is 29.8 Å². The second-order valence-electron chi connectivity index (χ2n) is 20.7. The van der Waals surface area contributed by atoms with Gasteiger partial charge in [-0.05, 0) is 93.8 Å². The first kappa shape index (κ1) is 51.3. The molecule has 0 spiro atoms. The number of nitrogens with zero attached hydrogens (tertiary/aromatic N) is 6. The van der Waals surface area contributed by atoms with E-state index in [4.69, 9.17) is 24.4 Å². The van der Waals surface area contributed by atoms with E-state index in [2.05, 4.69) is 47.7 Å². The molecular weight excluding hydrogens is 970 g/mol. The summed E-state index contributed by atoms with van der Waals surface area (Å²) in [6.45, 7) is 9.62. The molecule has 0 radical (unpaired) electrons. The molecule has 3 aliphatic rings. The molecular formula is C59H65FN7O7S+. The normalized spacial score (nSPS) is 15.6. The number of fused-ring (bicyclic) bond motifs is 5. The number of carbonyl (C=O) groups is 1. The molecule has 0 saturated heterocycles. The summed E-state index contributed by atoms with van der Waals surface area (Å²) in [5.74, 6) is 0.0403. The lowest BCUT2D eigenvalue weighted by Crippen LogP contribution is -2.50. The SMILES string of the molecule is CC[N+]1=c2cc3c(cc2CCC1)=Nc1cc2c(cc1O3)N(CCCC(=O)NCCCCCCOc1ccc(Cc3nc4c(Cc5ccccc5)nc(-c5ccccc5)cn4c3O)cc1F)C(C)(C)CC2CS(=O)(=O)O. The zero-order valence-electron chi connectivity index (χ0n) is 42.9. The molecule has 3 aliphatic heterocycles. The number of aryl methyl sites for hydroxylation is 1. The third kappa shape index (κ3) is 11.7. The van der Waals surface area contributed by atoms with Crippen LogP contribution in [0.15, 0.2) is 114 Å². The molecule has 14 nitrogen and oxygen atoms in total. The first-order chi connectivity index (χ1) is 36.2. The zero-order chi connectivity index (χ0) is 52.3. The van der Waals surface area contributed by atoms with Gasteiger partial charge in [0, 0.05) is 79.3 Å². The van der Waals surface area contributed by atoms with Crippen LogP contribution in [0, 0.1) is 5.82 Å². The predicted octanol–water partition coefficient (Wildman–Crippen LogP) is 9.43. The summed E-state index contributed by atoms with van der Waals surface area (Å²) < 4.78 is 66.4. The van der Waals surface area contributed by atoms with Crippen LogP contribution in [0.5, 0.6) is 23.1 Å². The maximum absolute atomic E-state index is 15.4. The van der Waals surface area contributed by atoms with Crippen LogP contribution < -0.4 is 35.0 Å². The van der Waals surface area contributed by atoms with Crippen molar-refractivity contribution in [1.82, 2.24) is 24.3 Å². The quantitative estimate of drug-likeness (QED) is 0.0380. The van der Waals surface area contributed by atoms with E-state index in [1.165, 1.54) is 17.0 Å².